The maximum Gasteiger partial charge on any atom is 0.267 e. The van der Waals surface area contributed by atoms with Crippen molar-refractivity contribution in [3.05, 3.63) is 48.0 Å². The van der Waals surface area contributed by atoms with Crippen LogP contribution in [0, 0.1) is 0 Å². The summed E-state index contributed by atoms with van der Waals surface area (Å²) in [5.41, 5.74) is 1.57. The van der Waals surface area contributed by atoms with Gasteiger partial charge in [-0.3, -0.25) is 4.79 Å². The third-order valence-electron chi connectivity index (χ3n) is 4.71. The molecule has 0 N–H and O–H groups in total. The molecule has 0 fully saturated rings. The van der Waals surface area contributed by atoms with Crippen molar-refractivity contribution in [1.29, 1.82) is 0 Å². The fourth-order valence-corrected chi connectivity index (χ4v) is 4.06. The zero-order valence-corrected chi connectivity index (χ0v) is 17.2. The zero-order valence-electron chi connectivity index (χ0n) is 16.4. The molecule has 1 amide bonds. The monoisotopic (exact) mass is 404 g/mol. The number of carbonyl (C=O) groups is 1. The Labute approximate surface area is 165 Å². The Morgan fingerprint density at radius 1 is 1.11 bits per heavy atom. The molecular weight excluding hydrogens is 380 g/mol. The second-order valence-corrected chi connectivity index (χ2v) is 8.91. The highest BCUT2D eigenvalue weighted by Crippen LogP contribution is 2.31. The van der Waals surface area contributed by atoms with Crippen LogP contribution in [0.4, 0.5) is 5.69 Å². The summed E-state index contributed by atoms with van der Waals surface area (Å²) < 4.78 is 36.7. The smallest absolute Gasteiger partial charge is 0.267 e. The van der Waals surface area contributed by atoms with Crippen LogP contribution in [0.3, 0.4) is 0 Å². The number of anilines is 1. The van der Waals surface area contributed by atoms with Gasteiger partial charge < -0.3 is 14.4 Å². The number of fused-ring (bicyclic) bond motifs is 1. The van der Waals surface area contributed by atoms with E-state index in [1.165, 1.54) is 24.5 Å². The molecule has 0 aliphatic carbocycles. The predicted molar refractivity (Wildman–Crippen MR) is 106 cm³/mol. The van der Waals surface area contributed by atoms with E-state index in [1.54, 1.807) is 55.3 Å². The summed E-state index contributed by atoms with van der Waals surface area (Å²) in [4.78, 5) is 14.8. The largest absolute Gasteiger partial charge is 0.497 e. The molecule has 1 heterocycles. The first-order chi connectivity index (χ1) is 13.2. The molecule has 0 bridgehead atoms. The highest BCUT2D eigenvalue weighted by Gasteiger charge is 2.30. The Morgan fingerprint density at radius 3 is 2.36 bits per heavy atom. The molecule has 28 heavy (non-hydrogen) atoms. The van der Waals surface area contributed by atoms with Gasteiger partial charge in [0.15, 0.2) is 6.10 Å². The molecular formula is C20H24N2O5S. The summed E-state index contributed by atoms with van der Waals surface area (Å²) in [5.74, 6) is 1.12. The standard InChI is InChI=1S/C20H24N2O5S/c1-14(27-17-7-5-16(26-4)6-8-17)20(23)22-12-11-15-13-18(9-10-19(15)22)28(24,25)21(2)3/h5-10,13-14H,11-12H2,1-4H3/t14-/m0/s1. The summed E-state index contributed by atoms with van der Waals surface area (Å²) in [7, 11) is 1.07. The lowest BCUT2D eigenvalue weighted by Gasteiger charge is -2.22. The average molecular weight is 404 g/mol. The lowest BCUT2D eigenvalue weighted by Crippen LogP contribution is -2.39. The minimum absolute atomic E-state index is 0.169. The summed E-state index contributed by atoms with van der Waals surface area (Å²) in [6.45, 7) is 2.20. The lowest BCUT2D eigenvalue weighted by molar-refractivity contribution is -0.124. The van der Waals surface area contributed by atoms with Crippen LogP contribution in [-0.2, 0) is 21.2 Å². The first-order valence-electron chi connectivity index (χ1n) is 8.91. The molecule has 3 rings (SSSR count). The number of hydrogen-bond acceptors (Lipinski definition) is 5. The van der Waals surface area contributed by atoms with Gasteiger partial charge in [0.1, 0.15) is 11.5 Å². The van der Waals surface area contributed by atoms with E-state index in [-0.39, 0.29) is 10.8 Å². The molecule has 2 aromatic carbocycles. The van der Waals surface area contributed by atoms with E-state index in [2.05, 4.69) is 0 Å². The zero-order chi connectivity index (χ0) is 20.5. The van der Waals surface area contributed by atoms with Crippen molar-refractivity contribution >= 4 is 21.6 Å². The van der Waals surface area contributed by atoms with Gasteiger partial charge in [0.2, 0.25) is 10.0 Å². The molecule has 150 valence electrons. The van der Waals surface area contributed by atoms with E-state index in [4.69, 9.17) is 9.47 Å². The molecule has 1 atom stereocenters. The highest BCUT2D eigenvalue weighted by molar-refractivity contribution is 7.89. The van der Waals surface area contributed by atoms with Gasteiger partial charge in [0.05, 0.1) is 12.0 Å². The molecule has 7 nitrogen and oxygen atoms in total. The average Bonchev–Trinajstić information content (AvgIpc) is 3.11. The normalized spacial score (nSPS) is 14.7. The topological polar surface area (TPSA) is 76.1 Å². The maximum atomic E-state index is 12.9. The Bertz CT molecular complexity index is 971. The third-order valence-corrected chi connectivity index (χ3v) is 6.52. The predicted octanol–water partition coefficient (Wildman–Crippen LogP) is 2.30. The first-order valence-corrected chi connectivity index (χ1v) is 10.4. The van der Waals surface area contributed by atoms with Crippen LogP contribution in [0.25, 0.3) is 0 Å². The summed E-state index contributed by atoms with van der Waals surface area (Å²) in [6, 6.07) is 11.9. The summed E-state index contributed by atoms with van der Waals surface area (Å²) in [5, 5.41) is 0. The van der Waals surface area contributed by atoms with E-state index in [0.717, 1.165) is 11.3 Å². The second kappa shape index (κ2) is 7.81. The van der Waals surface area contributed by atoms with Crippen molar-refractivity contribution in [2.24, 2.45) is 0 Å². The number of ether oxygens (including phenoxy) is 2. The number of rotatable bonds is 6. The number of hydrogen-bond donors (Lipinski definition) is 0. The van der Waals surface area contributed by atoms with Crippen molar-refractivity contribution in [2.45, 2.75) is 24.3 Å². The Morgan fingerprint density at radius 2 is 1.75 bits per heavy atom. The number of carbonyl (C=O) groups excluding carboxylic acids is 1. The molecule has 0 saturated carbocycles. The fraction of sp³-hybridized carbons (Fsp3) is 0.350. The van der Waals surface area contributed by atoms with E-state index in [0.29, 0.717) is 24.5 Å². The molecule has 8 heteroatoms. The molecule has 1 aliphatic rings. The lowest BCUT2D eigenvalue weighted by atomic mass is 10.2. The van der Waals surface area contributed by atoms with Crippen LogP contribution in [0.5, 0.6) is 11.5 Å². The summed E-state index contributed by atoms with van der Waals surface area (Å²) >= 11 is 0. The SMILES string of the molecule is COc1ccc(O[C@@H](C)C(=O)N2CCc3cc(S(=O)(=O)N(C)C)ccc32)cc1. The van der Waals surface area contributed by atoms with Gasteiger partial charge in [-0.15, -0.1) is 0 Å². The molecule has 0 saturated heterocycles. The summed E-state index contributed by atoms with van der Waals surface area (Å²) in [6.07, 6.45) is -0.0721. The van der Waals surface area contributed by atoms with Crippen LogP contribution in [0.1, 0.15) is 12.5 Å². The van der Waals surface area contributed by atoms with Gasteiger partial charge in [-0.1, -0.05) is 0 Å². The number of nitrogens with zero attached hydrogens (tertiary/aromatic N) is 2. The van der Waals surface area contributed by atoms with Crippen LogP contribution in [0.2, 0.25) is 0 Å². The van der Waals surface area contributed by atoms with Gasteiger partial charge in [-0.05, 0) is 61.4 Å². The van der Waals surface area contributed by atoms with Gasteiger partial charge in [0, 0.05) is 26.3 Å². The number of methoxy groups -OCH3 is 1. The number of benzene rings is 2. The maximum absolute atomic E-state index is 12.9. The molecule has 2 aromatic rings. The Balaban J connectivity index is 1.76. The number of sulfonamides is 1. The molecule has 0 radical (unpaired) electrons. The van der Waals surface area contributed by atoms with Gasteiger partial charge in [0.25, 0.3) is 5.91 Å². The fourth-order valence-electron chi connectivity index (χ4n) is 3.11. The Kier molecular flexibility index (Phi) is 5.62. The highest BCUT2D eigenvalue weighted by atomic mass is 32.2. The van der Waals surface area contributed by atoms with Gasteiger partial charge >= 0.3 is 0 Å². The molecule has 0 spiro atoms. The van der Waals surface area contributed by atoms with E-state index in [9.17, 15) is 13.2 Å². The van der Waals surface area contributed by atoms with Crippen molar-refractivity contribution in [1.82, 2.24) is 4.31 Å². The minimum atomic E-state index is -3.50. The molecule has 0 unspecified atom stereocenters. The van der Waals surface area contributed by atoms with Crippen molar-refractivity contribution < 1.29 is 22.7 Å². The van der Waals surface area contributed by atoms with E-state index in [1.807, 2.05) is 0 Å². The third kappa shape index (κ3) is 3.83. The first kappa shape index (κ1) is 20.2. The van der Waals surface area contributed by atoms with Crippen molar-refractivity contribution in [3.8, 4) is 11.5 Å². The van der Waals surface area contributed by atoms with Gasteiger partial charge in [-0.25, -0.2) is 12.7 Å². The van der Waals surface area contributed by atoms with E-state index >= 15 is 0 Å². The minimum Gasteiger partial charge on any atom is -0.497 e. The molecule has 1 aliphatic heterocycles. The number of amides is 1. The van der Waals surface area contributed by atoms with Crippen LogP contribution in [0.15, 0.2) is 47.4 Å². The Hall–Kier alpha value is -2.58. The van der Waals surface area contributed by atoms with Crippen molar-refractivity contribution in [3.63, 3.8) is 0 Å². The van der Waals surface area contributed by atoms with Crippen LogP contribution in [-0.4, -0.2) is 52.5 Å². The quantitative estimate of drug-likeness (QED) is 0.738. The van der Waals surface area contributed by atoms with E-state index < -0.39 is 16.1 Å². The second-order valence-electron chi connectivity index (χ2n) is 6.75. The molecule has 0 aromatic heterocycles. The van der Waals surface area contributed by atoms with Crippen molar-refractivity contribution in [2.75, 3.05) is 32.6 Å². The van der Waals surface area contributed by atoms with Crippen LogP contribution >= 0.6 is 0 Å². The van der Waals surface area contributed by atoms with Crippen LogP contribution < -0.4 is 14.4 Å². The van der Waals surface area contributed by atoms with Gasteiger partial charge in [-0.2, -0.15) is 0 Å².